The molecule has 0 bridgehead atoms. The largest absolute Gasteiger partial charge is 0.493 e. The predicted octanol–water partition coefficient (Wildman–Crippen LogP) is 2.90. The highest BCUT2D eigenvalue weighted by molar-refractivity contribution is 7.80. The van der Waals surface area contributed by atoms with E-state index < -0.39 is 0 Å². The van der Waals surface area contributed by atoms with Crippen LogP contribution in [0.25, 0.3) is 0 Å². The molecule has 1 heterocycles. The van der Waals surface area contributed by atoms with Gasteiger partial charge in [0.2, 0.25) is 6.79 Å². The third kappa shape index (κ3) is 3.17. The van der Waals surface area contributed by atoms with Gasteiger partial charge in [-0.15, -0.1) is 0 Å². The zero-order valence-corrected chi connectivity index (χ0v) is 13.7. The van der Waals surface area contributed by atoms with E-state index in [1.165, 1.54) is 0 Å². The predicted molar refractivity (Wildman–Crippen MR) is 90.7 cm³/mol. The Morgan fingerprint density at radius 3 is 2.74 bits per heavy atom. The number of thiocarbonyl (C=S) groups is 1. The summed E-state index contributed by atoms with van der Waals surface area (Å²) in [5, 5.41) is 3.23. The lowest BCUT2D eigenvalue weighted by molar-refractivity contribution is 0.174. The molecule has 3 rings (SSSR count). The van der Waals surface area contributed by atoms with Gasteiger partial charge < -0.3 is 24.3 Å². The topological polar surface area (TPSA) is 49.0 Å². The lowest BCUT2D eigenvalue weighted by atomic mass is 10.1. The molecule has 1 N–H and O–H groups in total. The van der Waals surface area contributed by atoms with E-state index in [9.17, 15) is 0 Å². The first-order chi connectivity index (χ1) is 11.2. The van der Waals surface area contributed by atoms with Gasteiger partial charge in [0.05, 0.1) is 19.8 Å². The fraction of sp³-hybridized carbons (Fsp3) is 0.235. The Hall–Kier alpha value is -2.47. The van der Waals surface area contributed by atoms with Gasteiger partial charge in [0.25, 0.3) is 0 Å². The molecule has 0 unspecified atom stereocenters. The van der Waals surface area contributed by atoms with Crippen LogP contribution in [-0.4, -0.2) is 26.0 Å². The van der Waals surface area contributed by atoms with Gasteiger partial charge in [-0.3, -0.25) is 0 Å². The molecule has 23 heavy (non-hydrogen) atoms. The standard InChI is InChI=1S/C17H17NO4S/c1-19-14-5-3-4-12(16(14)20-2)17(23)18-9-11-6-7-13-15(8-11)22-10-21-13/h3-8H,9-10H2,1-2H3,(H,18,23). The van der Waals surface area contributed by atoms with Crippen molar-refractivity contribution in [1.29, 1.82) is 0 Å². The minimum Gasteiger partial charge on any atom is -0.493 e. The van der Waals surface area contributed by atoms with Crippen LogP contribution in [0.15, 0.2) is 36.4 Å². The van der Waals surface area contributed by atoms with E-state index in [4.69, 9.17) is 31.2 Å². The molecule has 0 saturated carbocycles. The molecule has 120 valence electrons. The molecule has 0 aliphatic carbocycles. The number of benzene rings is 2. The van der Waals surface area contributed by atoms with Crippen molar-refractivity contribution in [2.75, 3.05) is 21.0 Å². The first-order valence-corrected chi connectivity index (χ1v) is 7.51. The summed E-state index contributed by atoms with van der Waals surface area (Å²) in [6.45, 7) is 0.849. The van der Waals surface area contributed by atoms with Crippen molar-refractivity contribution < 1.29 is 18.9 Å². The summed E-state index contributed by atoms with van der Waals surface area (Å²) in [4.78, 5) is 0.596. The van der Waals surface area contributed by atoms with Gasteiger partial charge in [-0.2, -0.15) is 0 Å². The molecule has 2 aromatic rings. The van der Waals surface area contributed by atoms with E-state index in [2.05, 4.69) is 5.32 Å². The van der Waals surface area contributed by atoms with Crippen molar-refractivity contribution in [3.63, 3.8) is 0 Å². The Morgan fingerprint density at radius 1 is 1.13 bits per heavy atom. The first kappa shape index (κ1) is 15.4. The molecule has 6 heteroatoms. The van der Waals surface area contributed by atoms with Gasteiger partial charge in [0, 0.05) is 6.54 Å². The lowest BCUT2D eigenvalue weighted by Crippen LogP contribution is -2.22. The smallest absolute Gasteiger partial charge is 0.231 e. The van der Waals surface area contributed by atoms with Gasteiger partial charge in [0.15, 0.2) is 23.0 Å². The van der Waals surface area contributed by atoms with Crippen molar-refractivity contribution in [3.8, 4) is 23.0 Å². The summed E-state index contributed by atoms with van der Waals surface area (Å²) in [5.74, 6) is 2.80. The molecular formula is C17H17NO4S. The van der Waals surface area contributed by atoms with E-state index in [-0.39, 0.29) is 6.79 Å². The average molecular weight is 331 g/mol. The molecule has 2 aromatic carbocycles. The van der Waals surface area contributed by atoms with Crippen molar-refractivity contribution >= 4 is 17.2 Å². The highest BCUT2D eigenvalue weighted by Crippen LogP contribution is 2.33. The highest BCUT2D eigenvalue weighted by Gasteiger charge is 2.15. The molecule has 0 atom stereocenters. The van der Waals surface area contributed by atoms with Crippen LogP contribution in [0, 0.1) is 0 Å². The average Bonchev–Trinajstić information content (AvgIpc) is 3.06. The molecule has 5 nitrogen and oxygen atoms in total. The monoisotopic (exact) mass is 331 g/mol. The number of fused-ring (bicyclic) bond motifs is 1. The highest BCUT2D eigenvalue weighted by atomic mass is 32.1. The maximum Gasteiger partial charge on any atom is 0.231 e. The number of hydrogen-bond donors (Lipinski definition) is 1. The number of nitrogens with one attached hydrogen (secondary N) is 1. The Morgan fingerprint density at radius 2 is 1.96 bits per heavy atom. The van der Waals surface area contributed by atoms with Crippen molar-refractivity contribution in [3.05, 3.63) is 47.5 Å². The van der Waals surface area contributed by atoms with Gasteiger partial charge in [-0.25, -0.2) is 0 Å². The van der Waals surface area contributed by atoms with Crippen LogP contribution in [0.5, 0.6) is 23.0 Å². The normalized spacial score (nSPS) is 11.9. The van der Waals surface area contributed by atoms with E-state index in [1.807, 2.05) is 36.4 Å². The molecular weight excluding hydrogens is 314 g/mol. The van der Waals surface area contributed by atoms with Crippen LogP contribution in [0.2, 0.25) is 0 Å². The van der Waals surface area contributed by atoms with Crippen LogP contribution >= 0.6 is 12.2 Å². The summed E-state index contributed by atoms with van der Waals surface area (Å²) in [5.41, 5.74) is 1.85. The number of rotatable bonds is 5. The maximum absolute atomic E-state index is 5.48. The summed E-state index contributed by atoms with van der Waals surface area (Å²) in [6.07, 6.45) is 0. The van der Waals surface area contributed by atoms with Crippen LogP contribution < -0.4 is 24.3 Å². The Bertz CT molecular complexity index is 733. The van der Waals surface area contributed by atoms with E-state index >= 15 is 0 Å². The van der Waals surface area contributed by atoms with Gasteiger partial charge in [-0.1, -0.05) is 24.4 Å². The third-order valence-corrected chi connectivity index (χ3v) is 3.90. The maximum atomic E-state index is 5.48. The van der Waals surface area contributed by atoms with E-state index in [1.54, 1.807) is 14.2 Å². The van der Waals surface area contributed by atoms with Crippen molar-refractivity contribution in [2.24, 2.45) is 0 Å². The minimum absolute atomic E-state index is 0.269. The summed E-state index contributed by atoms with van der Waals surface area (Å²) < 4.78 is 21.4. The molecule has 0 aromatic heterocycles. The quantitative estimate of drug-likeness (QED) is 0.850. The molecule has 0 spiro atoms. The second kappa shape index (κ2) is 6.75. The number of methoxy groups -OCH3 is 2. The molecule has 0 amide bonds. The molecule has 1 aliphatic rings. The van der Waals surface area contributed by atoms with E-state index in [0.29, 0.717) is 23.0 Å². The minimum atomic E-state index is 0.269. The van der Waals surface area contributed by atoms with Gasteiger partial charge in [-0.05, 0) is 29.8 Å². The molecule has 0 saturated heterocycles. The van der Waals surface area contributed by atoms with Crippen LogP contribution in [0.3, 0.4) is 0 Å². The number of para-hydroxylation sites is 1. The number of ether oxygens (including phenoxy) is 4. The zero-order chi connectivity index (χ0) is 16.2. The summed E-state index contributed by atoms with van der Waals surface area (Å²) in [6, 6.07) is 11.4. The second-order valence-corrected chi connectivity index (χ2v) is 5.32. The van der Waals surface area contributed by atoms with Crippen molar-refractivity contribution in [1.82, 2.24) is 5.32 Å². The fourth-order valence-corrected chi connectivity index (χ4v) is 2.63. The second-order valence-electron chi connectivity index (χ2n) is 4.91. The van der Waals surface area contributed by atoms with E-state index in [0.717, 1.165) is 22.6 Å². The molecule has 0 radical (unpaired) electrons. The lowest BCUT2D eigenvalue weighted by Gasteiger charge is -2.14. The van der Waals surface area contributed by atoms with Gasteiger partial charge in [0.1, 0.15) is 4.99 Å². The SMILES string of the molecule is COc1cccc(C(=S)NCc2ccc3c(c2)OCO3)c1OC. The first-order valence-electron chi connectivity index (χ1n) is 7.10. The van der Waals surface area contributed by atoms with Crippen LogP contribution in [0.1, 0.15) is 11.1 Å². The van der Waals surface area contributed by atoms with Crippen LogP contribution in [-0.2, 0) is 6.54 Å². The Kier molecular flexibility index (Phi) is 4.52. The Balaban J connectivity index is 1.72. The van der Waals surface area contributed by atoms with Gasteiger partial charge >= 0.3 is 0 Å². The van der Waals surface area contributed by atoms with Crippen molar-refractivity contribution in [2.45, 2.75) is 6.54 Å². The molecule has 0 fully saturated rings. The number of hydrogen-bond acceptors (Lipinski definition) is 5. The molecule has 1 aliphatic heterocycles. The summed E-state index contributed by atoms with van der Waals surface area (Å²) >= 11 is 5.48. The third-order valence-electron chi connectivity index (χ3n) is 3.54. The summed E-state index contributed by atoms with van der Waals surface area (Å²) in [7, 11) is 3.20. The van der Waals surface area contributed by atoms with Crippen LogP contribution in [0.4, 0.5) is 0 Å². The Labute approximate surface area is 140 Å². The zero-order valence-electron chi connectivity index (χ0n) is 12.9. The fourth-order valence-electron chi connectivity index (χ4n) is 2.39.